The molecule has 28 heavy (non-hydrogen) atoms. The van der Waals surface area contributed by atoms with Crippen molar-refractivity contribution in [1.29, 1.82) is 0 Å². The molecule has 0 saturated carbocycles. The van der Waals surface area contributed by atoms with E-state index in [4.69, 9.17) is 14.2 Å². The summed E-state index contributed by atoms with van der Waals surface area (Å²) in [6, 6.07) is 16.5. The van der Waals surface area contributed by atoms with E-state index in [1.54, 1.807) is 14.2 Å². The number of ether oxygens (including phenoxy) is 3. The smallest absolute Gasteiger partial charge is 0.119 e. The van der Waals surface area contributed by atoms with Crippen LogP contribution in [-0.4, -0.2) is 45.9 Å². The van der Waals surface area contributed by atoms with Gasteiger partial charge < -0.3 is 19.1 Å². The molecule has 2 atom stereocenters. The van der Waals surface area contributed by atoms with Gasteiger partial charge in [0.1, 0.15) is 11.5 Å². The lowest BCUT2D eigenvalue weighted by atomic mass is 9.82. The zero-order chi connectivity index (χ0) is 19.9. The Morgan fingerprint density at radius 2 is 1.71 bits per heavy atom. The van der Waals surface area contributed by atoms with Crippen LogP contribution in [0.3, 0.4) is 0 Å². The lowest BCUT2D eigenvalue weighted by Crippen LogP contribution is -2.30. The van der Waals surface area contributed by atoms with Crippen LogP contribution in [0.25, 0.3) is 5.57 Å². The van der Waals surface area contributed by atoms with Crippen molar-refractivity contribution in [2.45, 2.75) is 25.6 Å². The molecule has 0 bridgehead atoms. The minimum atomic E-state index is 0.237. The summed E-state index contributed by atoms with van der Waals surface area (Å²) in [6.45, 7) is 1.64. The Bertz CT molecular complexity index is 783. The van der Waals surface area contributed by atoms with E-state index in [1.807, 2.05) is 18.2 Å². The summed E-state index contributed by atoms with van der Waals surface area (Å²) in [7, 11) is 7.66. The van der Waals surface area contributed by atoms with Crippen LogP contribution < -0.4 is 9.47 Å². The summed E-state index contributed by atoms with van der Waals surface area (Å²) < 4.78 is 16.9. The second kappa shape index (κ2) is 9.76. The minimum Gasteiger partial charge on any atom is -0.497 e. The molecule has 0 aliphatic heterocycles. The SMILES string of the molecule is COc1ccc(COC2CC=C(c3cccc(OC)c3)C(CN(C)C)C2)cc1. The van der Waals surface area contributed by atoms with Crippen molar-refractivity contribution < 1.29 is 14.2 Å². The zero-order valence-corrected chi connectivity index (χ0v) is 17.4. The van der Waals surface area contributed by atoms with Crippen LogP contribution in [0, 0.1) is 5.92 Å². The topological polar surface area (TPSA) is 30.9 Å². The Kier molecular flexibility index (Phi) is 7.12. The number of rotatable bonds is 8. The molecule has 0 radical (unpaired) electrons. The highest BCUT2D eigenvalue weighted by atomic mass is 16.5. The van der Waals surface area contributed by atoms with Crippen molar-refractivity contribution in [3.05, 3.63) is 65.7 Å². The highest BCUT2D eigenvalue weighted by Gasteiger charge is 2.26. The molecule has 4 nitrogen and oxygen atoms in total. The van der Waals surface area contributed by atoms with E-state index >= 15 is 0 Å². The molecule has 0 amide bonds. The molecule has 0 N–H and O–H groups in total. The van der Waals surface area contributed by atoms with E-state index in [0.717, 1.165) is 30.9 Å². The number of hydrogen-bond acceptors (Lipinski definition) is 4. The first-order valence-electron chi connectivity index (χ1n) is 9.82. The summed E-state index contributed by atoms with van der Waals surface area (Å²) in [5.41, 5.74) is 3.82. The van der Waals surface area contributed by atoms with Gasteiger partial charge in [0.05, 0.1) is 26.9 Å². The molecule has 3 rings (SSSR count). The van der Waals surface area contributed by atoms with Crippen LogP contribution in [0.5, 0.6) is 11.5 Å². The Labute approximate surface area is 168 Å². The number of hydrogen-bond donors (Lipinski definition) is 0. The Morgan fingerprint density at radius 1 is 0.964 bits per heavy atom. The molecular formula is C24H31NO3. The molecule has 4 heteroatoms. The van der Waals surface area contributed by atoms with Crippen LogP contribution in [0.2, 0.25) is 0 Å². The second-order valence-electron chi connectivity index (χ2n) is 7.60. The molecule has 2 unspecified atom stereocenters. The van der Waals surface area contributed by atoms with Crippen LogP contribution in [0.4, 0.5) is 0 Å². The maximum atomic E-state index is 6.25. The number of methoxy groups -OCH3 is 2. The van der Waals surface area contributed by atoms with Gasteiger partial charge in [0.25, 0.3) is 0 Å². The first kappa shape index (κ1) is 20.4. The zero-order valence-electron chi connectivity index (χ0n) is 17.4. The van der Waals surface area contributed by atoms with Crippen molar-refractivity contribution in [2.75, 3.05) is 34.9 Å². The fourth-order valence-corrected chi connectivity index (χ4v) is 3.81. The van der Waals surface area contributed by atoms with Gasteiger partial charge in [-0.05, 0) is 73.8 Å². The van der Waals surface area contributed by atoms with E-state index in [1.165, 1.54) is 16.7 Å². The summed E-state index contributed by atoms with van der Waals surface area (Å²) in [6.07, 6.45) is 4.55. The molecule has 150 valence electrons. The van der Waals surface area contributed by atoms with Gasteiger partial charge in [-0.15, -0.1) is 0 Å². The van der Waals surface area contributed by atoms with Gasteiger partial charge >= 0.3 is 0 Å². The van der Waals surface area contributed by atoms with Gasteiger partial charge in [0.15, 0.2) is 0 Å². The van der Waals surface area contributed by atoms with Crippen molar-refractivity contribution >= 4 is 5.57 Å². The van der Waals surface area contributed by atoms with Crippen LogP contribution in [-0.2, 0) is 11.3 Å². The van der Waals surface area contributed by atoms with Gasteiger partial charge in [0.2, 0.25) is 0 Å². The third kappa shape index (κ3) is 5.37. The summed E-state index contributed by atoms with van der Waals surface area (Å²) in [5.74, 6) is 2.22. The first-order chi connectivity index (χ1) is 13.6. The fraction of sp³-hybridized carbons (Fsp3) is 0.417. The Morgan fingerprint density at radius 3 is 2.39 bits per heavy atom. The standard InChI is InChI=1S/C24H31NO3/c1-25(2)16-20-15-23(28-17-18-8-10-21(26-3)11-9-18)12-13-24(20)19-6-5-7-22(14-19)27-4/h5-11,13-14,20,23H,12,15-17H2,1-4H3. The molecule has 0 spiro atoms. The van der Waals surface area contributed by atoms with E-state index in [0.29, 0.717) is 12.5 Å². The quantitative estimate of drug-likeness (QED) is 0.666. The summed E-state index contributed by atoms with van der Waals surface area (Å²) in [5, 5.41) is 0. The van der Waals surface area contributed by atoms with Crippen LogP contribution in [0.15, 0.2) is 54.6 Å². The number of benzene rings is 2. The first-order valence-corrected chi connectivity index (χ1v) is 9.82. The number of nitrogens with zero attached hydrogens (tertiary/aromatic N) is 1. The van der Waals surface area contributed by atoms with Crippen molar-refractivity contribution in [2.24, 2.45) is 5.92 Å². The van der Waals surface area contributed by atoms with Crippen molar-refractivity contribution in [3.8, 4) is 11.5 Å². The highest BCUT2D eigenvalue weighted by molar-refractivity contribution is 5.69. The Hall–Kier alpha value is -2.30. The van der Waals surface area contributed by atoms with E-state index in [2.05, 4.69) is 55.4 Å². The fourth-order valence-electron chi connectivity index (χ4n) is 3.81. The maximum Gasteiger partial charge on any atom is 0.119 e. The van der Waals surface area contributed by atoms with Crippen LogP contribution >= 0.6 is 0 Å². The molecule has 0 heterocycles. The maximum absolute atomic E-state index is 6.25. The third-order valence-corrected chi connectivity index (χ3v) is 5.22. The molecule has 1 aliphatic carbocycles. The van der Waals surface area contributed by atoms with Crippen molar-refractivity contribution in [3.63, 3.8) is 0 Å². The molecule has 0 fully saturated rings. The molecule has 0 aromatic heterocycles. The predicted octanol–water partition coefficient (Wildman–Crippen LogP) is 4.64. The van der Waals surface area contributed by atoms with E-state index in [-0.39, 0.29) is 6.10 Å². The van der Waals surface area contributed by atoms with Crippen LogP contribution in [0.1, 0.15) is 24.0 Å². The molecule has 2 aromatic rings. The monoisotopic (exact) mass is 381 g/mol. The Balaban J connectivity index is 1.69. The lowest BCUT2D eigenvalue weighted by Gasteiger charge is -2.32. The minimum absolute atomic E-state index is 0.237. The third-order valence-electron chi connectivity index (χ3n) is 5.22. The van der Waals surface area contributed by atoms with Gasteiger partial charge in [-0.3, -0.25) is 0 Å². The van der Waals surface area contributed by atoms with Gasteiger partial charge in [0, 0.05) is 6.54 Å². The molecule has 2 aromatic carbocycles. The molecule has 1 aliphatic rings. The van der Waals surface area contributed by atoms with Gasteiger partial charge in [-0.2, -0.15) is 0 Å². The van der Waals surface area contributed by atoms with Gasteiger partial charge in [-0.25, -0.2) is 0 Å². The van der Waals surface area contributed by atoms with E-state index < -0.39 is 0 Å². The molecular weight excluding hydrogens is 350 g/mol. The largest absolute Gasteiger partial charge is 0.497 e. The predicted molar refractivity (Wildman–Crippen MR) is 114 cm³/mol. The van der Waals surface area contributed by atoms with Crippen molar-refractivity contribution in [1.82, 2.24) is 4.90 Å². The second-order valence-corrected chi connectivity index (χ2v) is 7.60. The summed E-state index contributed by atoms with van der Waals surface area (Å²) >= 11 is 0. The van der Waals surface area contributed by atoms with Gasteiger partial charge in [-0.1, -0.05) is 30.3 Å². The van der Waals surface area contributed by atoms with E-state index in [9.17, 15) is 0 Å². The highest BCUT2D eigenvalue weighted by Crippen LogP contribution is 2.35. The average molecular weight is 382 g/mol. The normalized spacial score (nSPS) is 19.4. The lowest BCUT2D eigenvalue weighted by molar-refractivity contribution is 0.0258. The summed E-state index contributed by atoms with van der Waals surface area (Å²) in [4.78, 5) is 2.25. The molecule has 0 saturated heterocycles. The average Bonchev–Trinajstić information content (AvgIpc) is 2.72.